The van der Waals surface area contributed by atoms with Crippen LogP contribution in [-0.4, -0.2) is 20.9 Å². The average Bonchev–Trinajstić information content (AvgIpc) is 2.80. The van der Waals surface area contributed by atoms with Gasteiger partial charge in [0.1, 0.15) is 0 Å². The summed E-state index contributed by atoms with van der Waals surface area (Å²) < 4.78 is 3.01. The lowest BCUT2D eigenvalue weighted by atomic mass is 10.2. The summed E-state index contributed by atoms with van der Waals surface area (Å²) >= 11 is 5.14. The van der Waals surface area contributed by atoms with Crippen molar-refractivity contribution in [3.05, 3.63) is 45.7 Å². The Kier molecular flexibility index (Phi) is 5.47. The second kappa shape index (κ2) is 7.13. The van der Waals surface area contributed by atoms with Gasteiger partial charge in [-0.2, -0.15) is 5.10 Å². The molecule has 6 heteroatoms. The van der Waals surface area contributed by atoms with Gasteiger partial charge >= 0.3 is 5.97 Å². The summed E-state index contributed by atoms with van der Waals surface area (Å²) in [5.41, 5.74) is 2.48. The van der Waals surface area contributed by atoms with E-state index in [-0.39, 0.29) is 0 Å². The molecule has 0 aliphatic heterocycles. The van der Waals surface area contributed by atoms with Crippen LogP contribution in [0.15, 0.2) is 33.6 Å². The van der Waals surface area contributed by atoms with Crippen LogP contribution in [0.25, 0.3) is 0 Å². The molecule has 0 amide bonds. The second-order valence-electron chi connectivity index (χ2n) is 4.47. The number of benzene rings is 1. The molecule has 2 aromatic rings. The summed E-state index contributed by atoms with van der Waals surface area (Å²) in [7, 11) is 0. The van der Waals surface area contributed by atoms with E-state index < -0.39 is 5.97 Å². The maximum absolute atomic E-state index is 11.2. The minimum absolute atomic E-state index is 0.344. The number of hydrogen-bond acceptors (Lipinski definition) is 3. The van der Waals surface area contributed by atoms with Gasteiger partial charge in [-0.15, -0.1) is 11.8 Å². The van der Waals surface area contributed by atoms with Crippen LogP contribution in [0.2, 0.25) is 0 Å². The fourth-order valence-electron chi connectivity index (χ4n) is 2.07. The molecule has 1 aromatic carbocycles. The third-order valence-corrected chi connectivity index (χ3v) is 5.18. The van der Waals surface area contributed by atoms with Crippen LogP contribution < -0.4 is 0 Å². The highest BCUT2D eigenvalue weighted by Gasteiger charge is 2.16. The number of aryl methyl sites for hydroxylation is 2. The fraction of sp³-hybridized carbons (Fsp3) is 0.333. The highest BCUT2D eigenvalue weighted by molar-refractivity contribution is 9.10. The quantitative estimate of drug-likeness (QED) is 0.775. The summed E-state index contributed by atoms with van der Waals surface area (Å²) in [5, 5.41) is 13.8. The van der Waals surface area contributed by atoms with Crippen molar-refractivity contribution in [3.8, 4) is 0 Å². The van der Waals surface area contributed by atoms with Crippen LogP contribution in [-0.2, 0) is 18.7 Å². The van der Waals surface area contributed by atoms with Gasteiger partial charge in [-0.05, 0) is 41.4 Å². The van der Waals surface area contributed by atoms with Crippen LogP contribution in [0.5, 0.6) is 0 Å². The average molecular weight is 369 g/mol. The molecule has 21 heavy (non-hydrogen) atoms. The van der Waals surface area contributed by atoms with Crippen molar-refractivity contribution < 1.29 is 9.90 Å². The smallest absolute Gasteiger partial charge is 0.336 e. The molecular formula is C15H17BrN2O2S. The minimum atomic E-state index is -0.893. The van der Waals surface area contributed by atoms with Crippen LogP contribution in [0.1, 0.15) is 35.6 Å². The first-order valence-electron chi connectivity index (χ1n) is 6.77. The molecule has 1 heterocycles. The number of rotatable bonds is 6. The predicted molar refractivity (Wildman–Crippen MR) is 87.9 cm³/mol. The SMILES string of the molecule is CCc1nn(CC)c(CSc2ccccc2C(=O)O)c1Br. The predicted octanol–water partition coefficient (Wildman–Crippen LogP) is 4.22. The Morgan fingerprint density at radius 2 is 2.10 bits per heavy atom. The number of carbonyl (C=O) groups is 1. The van der Waals surface area contributed by atoms with Crippen molar-refractivity contribution in [1.82, 2.24) is 9.78 Å². The van der Waals surface area contributed by atoms with Gasteiger partial charge in [-0.25, -0.2) is 4.79 Å². The van der Waals surface area contributed by atoms with Crippen LogP contribution in [0.4, 0.5) is 0 Å². The van der Waals surface area contributed by atoms with Gasteiger partial charge in [-0.1, -0.05) is 19.1 Å². The maximum Gasteiger partial charge on any atom is 0.336 e. The minimum Gasteiger partial charge on any atom is -0.478 e. The monoisotopic (exact) mass is 368 g/mol. The van der Waals surface area contributed by atoms with Crippen molar-refractivity contribution in [2.75, 3.05) is 0 Å². The Hall–Kier alpha value is -1.27. The third-order valence-electron chi connectivity index (χ3n) is 3.18. The lowest BCUT2D eigenvalue weighted by molar-refractivity contribution is 0.0693. The number of thioether (sulfide) groups is 1. The van der Waals surface area contributed by atoms with E-state index in [0.717, 1.165) is 33.7 Å². The number of nitrogens with zero attached hydrogens (tertiary/aromatic N) is 2. The molecule has 0 unspecified atom stereocenters. The zero-order chi connectivity index (χ0) is 15.4. The zero-order valence-corrected chi connectivity index (χ0v) is 14.4. The number of halogens is 1. The molecule has 0 aliphatic rings. The number of aromatic carboxylic acids is 1. The standard InChI is InChI=1S/C15H17BrN2O2S/c1-3-11-14(16)12(18(4-2)17-11)9-21-13-8-6-5-7-10(13)15(19)20/h5-8H,3-4,9H2,1-2H3,(H,19,20). The third kappa shape index (κ3) is 3.49. The van der Waals surface area contributed by atoms with Gasteiger partial charge in [0.05, 0.1) is 21.4 Å². The molecule has 0 aliphatic carbocycles. The van der Waals surface area contributed by atoms with E-state index in [9.17, 15) is 9.90 Å². The van der Waals surface area contributed by atoms with Gasteiger partial charge < -0.3 is 5.11 Å². The fourth-order valence-corrected chi connectivity index (χ4v) is 4.03. The van der Waals surface area contributed by atoms with Gasteiger partial charge in [0, 0.05) is 17.2 Å². The van der Waals surface area contributed by atoms with Crippen LogP contribution in [0.3, 0.4) is 0 Å². The topological polar surface area (TPSA) is 55.1 Å². The van der Waals surface area contributed by atoms with E-state index in [1.807, 2.05) is 16.8 Å². The lowest BCUT2D eigenvalue weighted by Crippen LogP contribution is -2.03. The Bertz CT molecular complexity index is 655. The van der Waals surface area contributed by atoms with Crippen molar-refractivity contribution >= 4 is 33.7 Å². The molecule has 112 valence electrons. The van der Waals surface area contributed by atoms with Crippen molar-refractivity contribution in [2.24, 2.45) is 0 Å². The number of hydrogen-bond donors (Lipinski definition) is 1. The van der Waals surface area contributed by atoms with E-state index in [1.165, 1.54) is 11.8 Å². The molecule has 2 rings (SSSR count). The Balaban J connectivity index is 2.25. The zero-order valence-electron chi connectivity index (χ0n) is 12.0. The normalized spacial score (nSPS) is 10.8. The van der Waals surface area contributed by atoms with E-state index in [2.05, 4.69) is 34.9 Å². The highest BCUT2D eigenvalue weighted by Crippen LogP contribution is 2.31. The van der Waals surface area contributed by atoms with Crippen molar-refractivity contribution in [3.63, 3.8) is 0 Å². The summed E-state index contributed by atoms with van der Waals surface area (Å²) in [6.07, 6.45) is 0.872. The molecule has 1 N–H and O–H groups in total. The molecule has 1 aromatic heterocycles. The van der Waals surface area contributed by atoms with Gasteiger partial charge in [-0.3, -0.25) is 4.68 Å². The van der Waals surface area contributed by atoms with Crippen molar-refractivity contribution in [2.45, 2.75) is 37.5 Å². The number of aromatic nitrogens is 2. The van der Waals surface area contributed by atoms with Crippen molar-refractivity contribution in [1.29, 1.82) is 0 Å². The van der Waals surface area contributed by atoms with E-state index in [4.69, 9.17) is 0 Å². The molecule has 0 radical (unpaired) electrons. The van der Waals surface area contributed by atoms with Gasteiger partial charge in [0.2, 0.25) is 0 Å². The molecule has 0 atom stereocenters. The van der Waals surface area contributed by atoms with Gasteiger partial charge in [0.25, 0.3) is 0 Å². The van der Waals surface area contributed by atoms with Crippen LogP contribution in [0, 0.1) is 0 Å². The van der Waals surface area contributed by atoms with Crippen LogP contribution >= 0.6 is 27.7 Å². The first kappa shape index (κ1) is 16.1. The first-order chi connectivity index (χ1) is 10.1. The molecule has 0 bridgehead atoms. The summed E-state index contributed by atoms with van der Waals surface area (Å²) in [5.74, 6) is -0.207. The van der Waals surface area contributed by atoms with Gasteiger partial charge in [0.15, 0.2) is 0 Å². The summed E-state index contributed by atoms with van der Waals surface area (Å²) in [4.78, 5) is 12.0. The molecular weight excluding hydrogens is 352 g/mol. The highest BCUT2D eigenvalue weighted by atomic mass is 79.9. The Labute approximate surface area is 136 Å². The molecule has 0 fully saturated rings. The Morgan fingerprint density at radius 1 is 1.38 bits per heavy atom. The number of carboxylic acid groups (broad SMARTS) is 1. The molecule has 4 nitrogen and oxygen atoms in total. The molecule has 0 spiro atoms. The van der Waals surface area contributed by atoms with E-state index in [0.29, 0.717) is 11.3 Å². The van der Waals surface area contributed by atoms with E-state index >= 15 is 0 Å². The Morgan fingerprint density at radius 3 is 2.71 bits per heavy atom. The largest absolute Gasteiger partial charge is 0.478 e. The molecule has 0 saturated carbocycles. The summed E-state index contributed by atoms with van der Waals surface area (Å²) in [6.45, 7) is 4.93. The summed E-state index contributed by atoms with van der Waals surface area (Å²) in [6, 6.07) is 7.08. The maximum atomic E-state index is 11.2. The second-order valence-corrected chi connectivity index (χ2v) is 6.28. The number of carboxylic acids is 1. The molecule has 0 saturated heterocycles. The van der Waals surface area contributed by atoms with E-state index in [1.54, 1.807) is 12.1 Å². The first-order valence-corrected chi connectivity index (χ1v) is 8.55. The lowest BCUT2D eigenvalue weighted by Gasteiger charge is -2.07.